The number of nitrogen functional groups attached to an aromatic ring is 1. The molecule has 0 aliphatic heterocycles. The van der Waals surface area contributed by atoms with Crippen molar-refractivity contribution in [2.45, 2.75) is 6.43 Å². The molecule has 0 unspecified atom stereocenters. The predicted molar refractivity (Wildman–Crippen MR) is 54.8 cm³/mol. The van der Waals surface area contributed by atoms with Gasteiger partial charge in [-0.2, -0.15) is 0 Å². The minimum atomic E-state index is -2.82. The van der Waals surface area contributed by atoms with E-state index in [1.165, 1.54) is 0 Å². The quantitative estimate of drug-likeness (QED) is 0.808. The summed E-state index contributed by atoms with van der Waals surface area (Å²) in [5, 5.41) is 0. The number of hydrogen-bond donors (Lipinski definition) is 2. The maximum absolute atomic E-state index is 12.5. The van der Waals surface area contributed by atoms with Crippen LogP contribution in [0.1, 0.15) is 22.5 Å². The van der Waals surface area contributed by atoms with E-state index in [-0.39, 0.29) is 9.26 Å². The monoisotopic (exact) mass is 313 g/mol. The molecule has 0 atom stereocenters. The van der Waals surface area contributed by atoms with E-state index in [0.717, 1.165) is 6.20 Å². The molecule has 0 aliphatic carbocycles. The third-order valence-corrected chi connectivity index (χ3v) is 2.73. The normalized spacial score (nSPS) is 10.6. The van der Waals surface area contributed by atoms with Gasteiger partial charge in [0, 0.05) is 3.57 Å². The fourth-order valence-electron chi connectivity index (χ4n) is 0.915. The molecular formula is C7H6F2IN3O. The average Bonchev–Trinajstić information content (AvgIpc) is 2.08. The van der Waals surface area contributed by atoms with E-state index in [1.54, 1.807) is 22.6 Å². The molecule has 4 N–H and O–H groups in total. The number of pyridine rings is 1. The first kappa shape index (κ1) is 11.1. The van der Waals surface area contributed by atoms with E-state index in [2.05, 4.69) is 4.98 Å². The summed E-state index contributed by atoms with van der Waals surface area (Å²) in [7, 11) is 0. The Morgan fingerprint density at radius 2 is 2.14 bits per heavy atom. The Bertz CT molecular complexity index is 383. The van der Waals surface area contributed by atoms with Crippen LogP contribution < -0.4 is 11.5 Å². The van der Waals surface area contributed by atoms with Crippen molar-refractivity contribution in [2.24, 2.45) is 5.73 Å². The van der Waals surface area contributed by atoms with Gasteiger partial charge in [0.25, 0.3) is 12.3 Å². The van der Waals surface area contributed by atoms with Crippen molar-refractivity contribution in [1.29, 1.82) is 0 Å². The van der Waals surface area contributed by atoms with Crippen LogP contribution in [0.25, 0.3) is 0 Å². The first-order valence-electron chi connectivity index (χ1n) is 3.47. The number of anilines is 1. The van der Waals surface area contributed by atoms with E-state index in [4.69, 9.17) is 11.5 Å². The number of amides is 1. The highest BCUT2D eigenvalue weighted by atomic mass is 127. The van der Waals surface area contributed by atoms with Crippen LogP contribution in [-0.4, -0.2) is 10.9 Å². The lowest BCUT2D eigenvalue weighted by atomic mass is 10.2. The molecule has 0 aromatic carbocycles. The first-order valence-corrected chi connectivity index (χ1v) is 4.54. The summed E-state index contributed by atoms with van der Waals surface area (Å²) in [6.45, 7) is 0. The van der Waals surface area contributed by atoms with Crippen molar-refractivity contribution in [3.63, 3.8) is 0 Å². The zero-order valence-electron chi connectivity index (χ0n) is 6.80. The van der Waals surface area contributed by atoms with Crippen molar-refractivity contribution in [1.82, 2.24) is 4.98 Å². The summed E-state index contributed by atoms with van der Waals surface area (Å²) >= 11 is 1.63. The van der Waals surface area contributed by atoms with Crippen molar-refractivity contribution in [3.05, 3.63) is 21.0 Å². The number of alkyl halides is 2. The summed E-state index contributed by atoms with van der Waals surface area (Å²) < 4.78 is 25.2. The standard InChI is InChI=1S/C7H6F2IN3O/c8-6(9)3-4(10)2(11)1-13-5(3)7(12)14/h1,6H,11H2,(H2,12,14). The third-order valence-electron chi connectivity index (χ3n) is 1.53. The number of aromatic nitrogens is 1. The van der Waals surface area contributed by atoms with E-state index in [0.29, 0.717) is 0 Å². The highest BCUT2D eigenvalue weighted by molar-refractivity contribution is 14.1. The van der Waals surface area contributed by atoms with Crippen LogP contribution in [0.15, 0.2) is 6.20 Å². The Labute approximate surface area is 91.8 Å². The van der Waals surface area contributed by atoms with Crippen LogP contribution in [0.4, 0.5) is 14.5 Å². The number of nitrogens with zero attached hydrogens (tertiary/aromatic N) is 1. The number of halogens is 3. The predicted octanol–water partition coefficient (Wildman–Crippen LogP) is 1.30. The Hall–Kier alpha value is -0.990. The fraction of sp³-hybridized carbons (Fsp3) is 0.143. The molecule has 0 bridgehead atoms. The van der Waals surface area contributed by atoms with Crippen LogP contribution >= 0.6 is 22.6 Å². The van der Waals surface area contributed by atoms with Gasteiger partial charge in [0.15, 0.2) is 0 Å². The topological polar surface area (TPSA) is 82.0 Å². The molecule has 0 aliphatic rings. The molecule has 1 amide bonds. The molecule has 0 saturated heterocycles. The molecule has 0 fully saturated rings. The van der Waals surface area contributed by atoms with Gasteiger partial charge >= 0.3 is 0 Å². The lowest BCUT2D eigenvalue weighted by Gasteiger charge is -2.08. The number of primary amides is 1. The second-order valence-electron chi connectivity index (χ2n) is 2.45. The van der Waals surface area contributed by atoms with Gasteiger partial charge in [0.2, 0.25) is 0 Å². The second-order valence-corrected chi connectivity index (χ2v) is 3.53. The fourth-order valence-corrected chi connectivity index (χ4v) is 1.55. The van der Waals surface area contributed by atoms with E-state index < -0.39 is 23.6 Å². The zero-order valence-corrected chi connectivity index (χ0v) is 8.96. The smallest absolute Gasteiger partial charge is 0.267 e. The van der Waals surface area contributed by atoms with Crippen molar-refractivity contribution in [2.75, 3.05) is 5.73 Å². The lowest BCUT2D eigenvalue weighted by Crippen LogP contribution is -2.17. The lowest BCUT2D eigenvalue weighted by molar-refractivity contribution is 0.0979. The highest BCUT2D eigenvalue weighted by Crippen LogP contribution is 2.29. The Kier molecular flexibility index (Phi) is 3.19. The van der Waals surface area contributed by atoms with Gasteiger partial charge < -0.3 is 11.5 Å². The van der Waals surface area contributed by atoms with Gasteiger partial charge in [0.1, 0.15) is 5.69 Å². The molecule has 76 valence electrons. The molecule has 0 radical (unpaired) electrons. The average molecular weight is 313 g/mol. The second kappa shape index (κ2) is 4.03. The molecule has 1 heterocycles. The van der Waals surface area contributed by atoms with Crippen LogP contribution in [0.3, 0.4) is 0 Å². The maximum Gasteiger partial charge on any atom is 0.267 e. The largest absolute Gasteiger partial charge is 0.397 e. The number of carbonyl (C=O) groups is 1. The van der Waals surface area contributed by atoms with E-state index in [1.807, 2.05) is 0 Å². The summed E-state index contributed by atoms with van der Waals surface area (Å²) in [5.41, 5.74) is 9.43. The van der Waals surface area contributed by atoms with Crippen molar-refractivity contribution >= 4 is 34.2 Å². The van der Waals surface area contributed by atoms with Gasteiger partial charge in [-0.05, 0) is 22.6 Å². The molecule has 1 aromatic heterocycles. The molecule has 0 spiro atoms. The molecule has 0 saturated carbocycles. The van der Waals surface area contributed by atoms with Crippen LogP contribution in [0.2, 0.25) is 0 Å². The van der Waals surface area contributed by atoms with Gasteiger partial charge in [0.05, 0.1) is 17.4 Å². The van der Waals surface area contributed by atoms with E-state index in [9.17, 15) is 13.6 Å². The SMILES string of the molecule is NC(=O)c1ncc(N)c(I)c1C(F)F. The number of rotatable bonds is 2. The maximum atomic E-state index is 12.5. The number of carbonyl (C=O) groups excluding carboxylic acids is 1. The summed E-state index contributed by atoms with van der Waals surface area (Å²) in [6, 6.07) is 0. The van der Waals surface area contributed by atoms with Crippen LogP contribution in [0.5, 0.6) is 0 Å². The Morgan fingerprint density at radius 3 is 2.57 bits per heavy atom. The number of nitrogens with two attached hydrogens (primary N) is 2. The van der Waals surface area contributed by atoms with Crippen LogP contribution in [0, 0.1) is 3.57 Å². The molecule has 4 nitrogen and oxygen atoms in total. The Balaban J connectivity index is 3.45. The van der Waals surface area contributed by atoms with Crippen molar-refractivity contribution < 1.29 is 13.6 Å². The minimum Gasteiger partial charge on any atom is -0.397 e. The summed E-state index contributed by atoms with van der Waals surface area (Å²) in [5.74, 6) is -0.988. The van der Waals surface area contributed by atoms with E-state index >= 15 is 0 Å². The molecule has 1 aromatic rings. The highest BCUT2D eigenvalue weighted by Gasteiger charge is 2.22. The Morgan fingerprint density at radius 1 is 1.57 bits per heavy atom. The summed E-state index contributed by atoms with van der Waals surface area (Å²) in [4.78, 5) is 14.2. The van der Waals surface area contributed by atoms with Crippen LogP contribution in [-0.2, 0) is 0 Å². The molecule has 1 rings (SSSR count). The third kappa shape index (κ3) is 1.91. The number of hydrogen-bond acceptors (Lipinski definition) is 3. The molecular weight excluding hydrogens is 307 g/mol. The van der Waals surface area contributed by atoms with Gasteiger partial charge in [-0.1, -0.05) is 0 Å². The van der Waals surface area contributed by atoms with Crippen molar-refractivity contribution in [3.8, 4) is 0 Å². The first-order chi connectivity index (χ1) is 6.45. The minimum absolute atomic E-state index is 0.103. The molecule has 14 heavy (non-hydrogen) atoms. The van der Waals surface area contributed by atoms with Gasteiger partial charge in [-0.3, -0.25) is 4.79 Å². The van der Waals surface area contributed by atoms with Gasteiger partial charge in [-0.25, -0.2) is 13.8 Å². The molecule has 7 heteroatoms. The summed E-state index contributed by atoms with van der Waals surface area (Å²) in [6.07, 6.45) is -1.69. The zero-order chi connectivity index (χ0) is 10.9. The van der Waals surface area contributed by atoms with Gasteiger partial charge in [-0.15, -0.1) is 0 Å².